The summed E-state index contributed by atoms with van der Waals surface area (Å²) in [6.07, 6.45) is 0. The molecule has 2 N–H and O–H groups in total. The SMILES string of the molecule is O=C(Nc1cccc(SC(C(=O)Nc2nc(-c3ccc(Br)cc3)cs2)c2ccccc2)c1)c1cccs1. The van der Waals surface area contributed by atoms with E-state index in [2.05, 4.69) is 31.5 Å². The van der Waals surface area contributed by atoms with Crippen molar-refractivity contribution in [1.29, 1.82) is 0 Å². The zero-order valence-corrected chi connectivity index (χ0v) is 23.3. The molecule has 5 rings (SSSR count). The van der Waals surface area contributed by atoms with E-state index in [0.29, 0.717) is 15.7 Å². The van der Waals surface area contributed by atoms with Crippen molar-refractivity contribution in [3.8, 4) is 11.3 Å². The fraction of sp³-hybridized carbons (Fsp3) is 0.0357. The second-order valence-corrected chi connectivity index (χ2v) is 11.8. The van der Waals surface area contributed by atoms with Crippen molar-refractivity contribution in [3.63, 3.8) is 0 Å². The first kappa shape index (κ1) is 25.4. The number of thiophene rings is 1. The van der Waals surface area contributed by atoms with E-state index in [0.717, 1.165) is 26.2 Å². The average molecular weight is 607 g/mol. The fourth-order valence-corrected chi connectivity index (χ4v) is 6.23. The van der Waals surface area contributed by atoms with E-state index in [1.165, 1.54) is 34.4 Å². The minimum absolute atomic E-state index is 0.153. The Bertz CT molecular complexity index is 1500. The number of carbonyl (C=O) groups is 2. The number of amides is 2. The van der Waals surface area contributed by atoms with Gasteiger partial charge in [0, 0.05) is 26.0 Å². The average Bonchev–Trinajstić information content (AvgIpc) is 3.61. The Labute approximate surface area is 235 Å². The molecule has 0 bridgehead atoms. The molecule has 0 aliphatic rings. The van der Waals surface area contributed by atoms with Gasteiger partial charge < -0.3 is 10.6 Å². The van der Waals surface area contributed by atoms with E-state index in [9.17, 15) is 9.59 Å². The highest BCUT2D eigenvalue weighted by Gasteiger charge is 2.23. The van der Waals surface area contributed by atoms with Crippen molar-refractivity contribution in [2.24, 2.45) is 0 Å². The summed E-state index contributed by atoms with van der Waals surface area (Å²) < 4.78 is 0.998. The highest BCUT2D eigenvalue weighted by atomic mass is 79.9. The smallest absolute Gasteiger partial charge is 0.265 e. The quantitative estimate of drug-likeness (QED) is 0.174. The minimum Gasteiger partial charge on any atom is -0.321 e. The van der Waals surface area contributed by atoms with E-state index in [1.807, 2.05) is 95.7 Å². The van der Waals surface area contributed by atoms with Crippen LogP contribution in [0.2, 0.25) is 0 Å². The van der Waals surface area contributed by atoms with Crippen LogP contribution in [0, 0.1) is 0 Å². The molecule has 0 radical (unpaired) electrons. The van der Waals surface area contributed by atoms with Crippen molar-refractivity contribution in [2.75, 3.05) is 10.6 Å². The summed E-state index contributed by atoms with van der Waals surface area (Å²) in [7, 11) is 0. The molecular formula is C28H20BrN3O2S3. The Hall–Kier alpha value is -3.24. The van der Waals surface area contributed by atoms with Crippen molar-refractivity contribution < 1.29 is 9.59 Å². The van der Waals surface area contributed by atoms with Gasteiger partial charge in [0.15, 0.2) is 5.13 Å². The summed E-state index contributed by atoms with van der Waals surface area (Å²) in [6.45, 7) is 0. The molecule has 2 heterocycles. The first-order valence-electron chi connectivity index (χ1n) is 11.2. The molecule has 0 aliphatic heterocycles. The molecule has 5 aromatic rings. The number of benzene rings is 3. The lowest BCUT2D eigenvalue weighted by Gasteiger charge is -2.17. The van der Waals surface area contributed by atoms with Gasteiger partial charge in [0.05, 0.1) is 10.6 Å². The van der Waals surface area contributed by atoms with Crippen LogP contribution < -0.4 is 10.6 Å². The number of carbonyl (C=O) groups excluding carboxylic acids is 2. The second-order valence-electron chi connectivity index (χ2n) is 7.90. The molecule has 0 spiro atoms. The molecular weight excluding hydrogens is 586 g/mol. The Morgan fingerprint density at radius 3 is 2.43 bits per heavy atom. The van der Waals surface area contributed by atoms with Crippen LogP contribution in [0.3, 0.4) is 0 Å². The van der Waals surface area contributed by atoms with Crippen molar-refractivity contribution in [3.05, 3.63) is 117 Å². The Morgan fingerprint density at radius 2 is 1.68 bits per heavy atom. The predicted molar refractivity (Wildman–Crippen MR) is 158 cm³/mol. The number of hydrogen-bond acceptors (Lipinski definition) is 6. The van der Waals surface area contributed by atoms with Gasteiger partial charge in [-0.1, -0.05) is 70.5 Å². The lowest BCUT2D eigenvalue weighted by Crippen LogP contribution is -2.19. The molecule has 5 nitrogen and oxygen atoms in total. The summed E-state index contributed by atoms with van der Waals surface area (Å²) in [5.41, 5.74) is 3.35. The van der Waals surface area contributed by atoms with Gasteiger partial charge in [0.25, 0.3) is 5.91 Å². The van der Waals surface area contributed by atoms with Gasteiger partial charge in [-0.15, -0.1) is 34.4 Å². The summed E-state index contributed by atoms with van der Waals surface area (Å²) in [5, 5.41) is 9.77. The van der Waals surface area contributed by atoms with Gasteiger partial charge in [-0.25, -0.2) is 4.98 Å². The highest BCUT2D eigenvalue weighted by molar-refractivity contribution is 9.10. The second kappa shape index (κ2) is 11.9. The van der Waals surface area contributed by atoms with Gasteiger partial charge in [0.2, 0.25) is 5.91 Å². The van der Waals surface area contributed by atoms with E-state index in [-0.39, 0.29) is 11.8 Å². The lowest BCUT2D eigenvalue weighted by atomic mass is 10.1. The third-order valence-electron chi connectivity index (χ3n) is 5.31. The maximum absolute atomic E-state index is 13.5. The standard InChI is InChI=1S/C28H20BrN3O2S3/c29-20-13-11-18(12-14-20)23-17-36-28(31-23)32-27(34)25(19-6-2-1-3-7-19)37-22-9-4-8-21(16-22)30-26(33)24-10-5-15-35-24/h1-17,25H,(H,30,33)(H,31,32,34). The van der Waals surface area contributed by atoms with Gasteiger partial charge in [0.1, 0.15) is 5.25 Å². The van der Waals surface area contributed by atoms with Gasteiger partial charge in [-0.05, 0) is 47.3 Å². The third kappa shape index (κ3) is 6.56. The van der Waals surface area contributed by atoms with Crippen LogP contribution in [0.5, 0.6) is 0 Å². The van der Waals surface area contributed by atoms with Gasteiger partial charge >= 0.3 is 0 Å². The molecule has 37 heavy (non-hydrogen) atoms. The number of nitrogens with zero attached hydrogens (tertiary/aromatic N) is 1. The number of anilines is 2. The first-order chi connectivity index (χ1) is 18.0. The van der Waals surface area contributed by atoms with Gasteiger partial charge in [-0.3, -0.25) is 9.59 Å². The molecule has 1 atom stereocenters. The van der Waals surface area contributed by atoms with E-state index in [4.69, 9.17) is 0 Å². The topological polar surface area (TPSA) is 71.1 Å². The predicted octanol–water partition coefficient (Wildman–Crippen LogP) is 8.36. The monoisotopic (exact) mass is 605 g/mol. The number of thioether (sulfide) groups is 1. The summed E-state index contributed by atoms with van der Waals surface area (Å²) in [5.74, 6) is -0.319. The van der Waals surface area contributed by atoms with E-state index in [1.54, 1.807) is 6.07 Å². The lowest BCUT2D eigenvalue weighted by molar-refractivity contribution is -0.115. The summed E-state index contributed by atoms with van der Waals surface area (Å²) in [4.78, 5) is 32.1. The molecule has 9 heteroatoms. The zero-order chi connectivity index (χ0) is 25.6. The van der Waals surface area contributed by atoms with Crippen molar-refractivity contribution in [1.82, 2.24) is 4.98 Å². The summed E-state index contributed by atoms with van der Waals surface area (Å²) >= 11 is 7.66. The number of thiazole rings is 1. The molecule has 0 saturated carbocycles. The Morgan fingerprint density at radius 1 is 0.865 bits per heavy atom. The molecule has 1 unspecified atom stereocenters. The van der Waals surface area contributed by atoms with Crippen molar-refractivity contribution >= 4 is 73.0 Å². The maximum Gasteiger partial charge on any atom is 0.265 e. The highest BCUT2D eigenvalue weighted by Crippen LogP contribution is 2.38. The number of hydrogen-bond donors (Lipinski definition) is 2. The minimum atomic E-state index is -0.510. The van der Waals surface area contributed by atoms with E-state index < -0.39 is 5.25 Å². The third-order valence-corrected chi connectivity index (χ3v) is 8.71. The number of rotatable bonds is 8. The van der Waals surface area contributed by atoms with Crippen LogP contribution >= 0.6 is 50.4 Å². The zero-order valence-electron chi connectivity index (χ0n) is 19.3. The van der Waals surface area contributed by atoms with Crippen LogP contribution in [0.15, 0.2) is 111 Å². The number of aromatic nitrogens is 1. The van der Waals surface area contributed by atoms with Gasteiger partial charge in [-0.2, -0.15) is 0 Å². The van der Waals surface area contributed by atoms with Crippen LogP contribution in [0.25, 0.3) is 11.3 Å². The van der Waals surface area contributed by atoms with Crippen LogP contribution in [-0.4, -0.2) is 16.8 Å². The van der Waals surface area contributed by atoms with Crippen LogP contribution in [0.4, 0.5) is 10.8 Å². The van der Waals surface area contributed by atoms with Crippen LogP contribution in [0.1, 0.15) is 20.5 Å². The molecule has 2 aromatic heterocycles. The molecule has 0 saturated heterocycles. The van der Waals surface area contributed by atoms with E-state index >= 15 is 0 Å². The number of nitrogens with one attached hydrogen (secondary N) is 2. The molecule has 0 aliphatic carbocycles. The fourth-order valence-electron chi connectivity index (χ4n) is 3.54. The summed E-state index contributed by atoms with van der Waals surface area (Å²) in [6, 6.07) is 28.7. The largest absolute Gasteiger partial charge is 0.321 e. The first-order valence-corrected chi connectivity index (χ1v) is 14.7. The molecule has 184 valence electrons. The molecule has 2 amide bonds. The van der Waals surface area contributed by atoms with Crippen LogP contribution in [-0.2, 0) is 4.79 Å². The Balaban J connectivity index is 1.34. The maximum atomic E-state index is 13.5. The molecule has 3 aromatic carbocycles. The number of halogens is 1. The Kier molecular flexibility index (Phi) is 8.15. The van der Waals surface area contributed by atoms with Crippen molar-refractivity contribution in [2.45, 2.75) is 10.1 Å². The molecule has 0 fully saturated rings. The normalized spacial score (nSPS) is 11.6.